The van der Waals surface area contributed by atoms with Crippen LogP contribution < -0.4 is 0 Å². The molecule has 0 unspecified atom stereocenters. The second-order valence-electron chi connectivity index (χ2n) is 7.70. The number of rotatable bonds is 2. The number of benzene rings is 2. The van der Waals surface area contributed by atoms with E-state index in [1.54, 1.807) is 12.1 Å². The van der Waals surface area contributed by atoms with E-state index in [4.69, 9.17) is 4.74 Å². The normalized spacial score (nSPS) is 21.3. The van der Waals surface area contributed by atoms with Crippen molar-refractivity contribution < 1.29 is 14.3 Å². The molecule has 1 aliphatic carbocycles. The van der Waals surface area contributed by atoms with E-state index in [1.807, 2.05) is 18.2 Å². The second kappa shape index (κ2) is 6.90. The van der Waals surface area contributed by atoms with Crippen molar-refractivity contribution in [2.75, 3.05) is 18.8 Å². The third-order valence-corrected chi connectivity index (χ3v) is 7.18. The molecule has 2 aromatic rings. The monoisotopic (exact) mass is 391 g/mol. The molecule has 0 amide bonds. The van der Waals surface area contributed by atoms with Crippen LogP contribution >= 0.6 is 11.8 Å². The minimum absolute atomic E-state index is 0.259. The van der Waals surface area contributed by atoms with Gasteiger partial charge in [-0.2, -0.15) is 0 Å². The number of allylic oxidation sites excluding steroid dienone is 1. The van der Waals surface area contributed by atoms with Gasteiger partial charge in [0, 0.05) is 49.4 Å². The SMILES string of the molecule is O=C1C(=O)c2ccccc2C2=C1SCC1(CCN(Cc3ccccc3)CC1)O2. The van der Waals surface area contributed by atoms with E-state index in [0.717, 1.165) is 43.8 Å². The van der Waals surface area contributed by atoms with Gasteiger partial charge in [-0.05, 0) is 5.56 Å². The molecule has 1 fully saturated rings. The van der Waals surface area contributed by atoms with Gasteiger partial charge >= 0.3 is 0 Å². The van der Waals surface area contributed by atoms with Gasteiger partial charge in [0.1, 0.15) is 16.3 Å². The van der Waals surface area contributed by atoms with Crippen molar-refractivity contribution in [1.29, 1.82) is 0 Å². The minimum Gasteiger partial charge on any atom is -0.484 e. The summed E-state index contributed by atoms with van der Waals surface area (Å²) >= 11 is 1.50. The summed E-state index contributed by atoms with van der Waals surface area (Å²) in [6, 6.07) is 17.8. The Balaban J connectivity index is 1.35. The first kappa shape index (κ1) is 17.7. The van der Waals surface area contributed by atoms with Crippen LogP contribution in [0.25, 0.3) is 5.76 Å². The summed E-state index contributed by atoms with van der Waals surface area (Å²) in [6.45, 7) is 2.88. The maximum atomic E-state index is 12.5. The van der Waals surface area contributed by atoms with E-state index < -0.39 is 11.6 Å². The molecule has 4 nitrogen and oxygen atoms in total. The number of ether oxygens (including phenoxy) is 1. The average Bonchev–Trinajstić information content (AvgIpc) is 2.75. The molecule has 2 aromatic carbocycles. The lowest BCUT2D eigenvalue weighted by atomic mass is 9.90. The third-order valence-electron chi connectivity index (χ3n) is 5.85. The number of carbonyl (C=O) groups excluding carboxylic acids is 2. The molecule has 1 spiro atoms. The Bertz CT molecular complexity index is 974. The van der Waals surface area contributed by atoms with Gasteiger partial charge in [-0.15, -0.1) is 11.8 Å². The molecule has 2 heterocycles. The van der Waals surface area contributed by atoms with Crippen LogP contribution in [-0.2, 0) is 16.1 Å². The summed E-state index contributed by atoms with van der Waals surface area (Å²) in [4.78, 5) is 27.9. The number of piperidine rings is 1. The number of hydrogen-bond acceptors (Lipinski definition) is 5. The number of Topliss-reactive ketones (excluding diaryl/α,β-unsaturated/α-hetero) is 2. The van der Waals surface area contributed by atoms with Crippen LogP contribution in [0.1, 0.15) is 34.3 Å². The highest BCUT2D eigenvalue weighted by atomic mass is 32.2. The van der Waals surface area contributed by atoms with Crippen LogP contribution in [0, 0.1) is 0 Å². The highest BCUT2D eigenvalue weighted by molar-refractivity contribution is 8.04. The summed E-state index contributed by atoms with van der Waals surface area (Å²) in [5, 5.41) is 0. The molecule has 0 bridgehead atoms. The fourth-order valence-electron chi connectivity index (χ4n) is 4.22. The fraction of sp³-hybridized carbons (Fsp3) is 0.304. The van der Waals surface area contributed by atoms with Crippen molar-refractivity contribution in [2.45, 2.75) is 25.0 Å². The van der Waals surface area contributed by atoms with Crippen LogP contribution in [0.3, 0.4) is 0 Å². The van der Waals surface area contributed by atoms with Crippen molar-refractivity contribution in [3.05, 3.63) is 76.2 Å². The topological polar surface area (TPSA) is 46.6 Å². The van der Waals surface area contributed by atoms with Crippen molar-refractivity contribution in [1.82, 2.24) is 4.90 Å². The Morgan fingerprint density at radius 3 is 2.32 bits per heavy atom. The number of nitrogens with zero attached hydrogens (tertiary/aromatic N) is 1. The standard InChI is InChI=1S/C23H21NO3S/c25-19-17-8-4-5-9-18(17)21-22(20(19)26)28-15-23(27-21)10-12-24(13-11-23)14-16-6-2-1-3-7-16/h1-9H,10-15H2. The van der Waals surface area contributed by atoms with Gasteiger partial charge in [-0.25, -0.2) is 0 Å². The molecular formula is C23H21NO3S. The van der Waals surface area contributed by atoms with E-state index in [1.165, 1.54) is 17.3 Å². The number of carbonyl (C=O) groups is 2. The largest absolute Gasteiger partial charge is 0.484 e. The molecule has 0 atom stereocenters. The third kappa shape index (κ3) is 2.99. The second-order valence-corrected chi connectivity index (χ2v) is 8.68. The van der Waals surface area contributed by atoms with Crippen LogP contribution in [0.5, 0.6) is 0 Å². The molecule has 5 heteroatoms. The lowest BCUT2D eigenvalue weighted by Gasteiger charge is -2.45. The Morgan fingerprint density at radius 2 is 1.57 bits per heavy atom. The first-order chi connectivity index (χ1) is 13.7. The molecule has 3 aliphatic rings. The van der Waals surface area contributed by atoms with Crippen LogP contribution in [0.4, 0.5) is 0 Å². The fourth-order valence-corrected chi connectivity index (χ4v) is 5.48. The van der Waals surface area contributed by atoms with E-state index in [-0.39, 0.29) is 5.60 Å². The average molecular weight is 391 g/mol. The number of likely N-dealkylation sites (tertiary alicyclic amines) is 1. The van der Waals surface area contributed by atoms with Crippen molar-refractivity contribution in [3.63, 3.8) is 0 Å². The number of hydrogen-bond donors (Lipinski definition) is 0. The van der Waals surface area contributed by atoms with E-state index in [2.05, 4.69) is 29.2 Å². The van der Waals surface area contributed by atoms with E-state index in [0.29, 0.717) is 16.2 Å². The van der Waals surface area contributed by atoms with Gasteiger partial charge in [0.25, 0.3) is 0 Å². The molecule has 0 saturated carbocycles. The summed E-state index contributed by atoms with van der Waals surface area (Å²) < 4.78 is 6.52. The number of ketones is 2. The maximum absolute atomic E-state index is 12.5. The predicted octanol–water partition coefficient (Wildman–Crippen LogP) is 3.92. The lowest BCUT2D eigenvalue weighted by molar-refractivity contribution is -0.111. The predicted molar refractivity (Wildman–Crippen MR) is 110 cm³/mol. The van der Waals surface area contributed by atoms with Crippen LogP contribution in [0.2, 0.25) is 0 Å². The first-order valence-electron chi connectivity index (χ1n) is 9.66. The maximum Gasteiger partial charge on any atom is 0.243 e. The highest BCUT2D eigenvalue weighted by Crippen LogP contribution is 2.47. The van der Waals surface area contributed by atoms with Gasteiger partial charge in [0.05, 0.1) is 0 Å². The minimum atomic E-state index is -0.421. The zero-order valence-corrected chi connectivity index (χ0v) is 16.3. The zero-order chi connectivity index (χ0) is 19.1. The van der Waals surface area contributed by atoms with E-state index >= 15 is 0 Å². The summed E-state index contributed by atoms with van der Waals surface area (Å²) in [5.74, 6) is 0.508. The lowest BCUT2D eigenvalue weighted by Crippen LogP contribution is -2.49. The summed E-state index contributed by atoms with van der Waals surface area (Å²) in [5.41, 5.74) is 2.29. The Labute approximate surface area is 168 Å². The van der Waals surface area contributed by atoms with Crippen LogP contribution in [0.15, 0.2) is 59.5 Å². The number of thioether (sulfide) groups is 1. The van der Waals surface area contributed by atoms with Crippen molar-refractivity contribution >= 4 is 29.1 Å². The molecular weight excluding hydrogens is 370 g/mol. The Hall–Kier alpha value is -2.37. The number of fused-ring (bicyclic) bond motifs is 2. The highest BCUT2D eigenvalue weighted by Gasteiger charge is 2.45. The van der Waals surface area contributed by atoms with Crippen molar-refractivity contribution in [2.24, 2.45) is 0 Å². The Kier molecular flexibility index (Phi) is 4.37. The molecule has 142 valence electrons. The molecule has 28 heavy (non-hydrogen) atoms. The first-order valence-corrected chi connectivity index (χ1v) is 10.6. The zero-order valence-electron chi connectivity index (χ0n) is 15.5. The van der Waals surface area contributed by atoms with Gasteiger partial charge in [0.15, 0.2) is 0 Å². The van der Waals surface area contributed by atoms with Crippen molar-refractivity contribution in [3.8, 4) is 0 Å². The molecule has 5 rings (SSSR count). The Morgan fingerprint density at radius 1 is 0.893 bits per heavy atom. The van der Waals surface area contributed by atoms with Gasteiger partial charge in [-0.1, -0.05) is 54.6 Å². The van der Waals surface area contributed by atoms with Gasteiger partial charge in [0.2, 0.25) is 11.6 Å². The molecule has 2 aliphatic heterocycles. The quantitative estimate of drug-likeness (QED) is 0.726. The smallest absolute Gasteiger partial charge is 0.243 e. The van der Waals surface area contributed by atoms with Gasteiger partial charge < -0.3 is 4.74 Å². The molecule has 1 saturated heterocycles. The van der Waals surface area contributed by atoms with Gasteiger partial charge in [-0.3, -0.25) is 14.5 Å². The summed E-state index contributed by atoms with van der Waals surface area (Å²) in [6.07, 6.45) is 1.85. The van der Waals surface area contributed by atoms with E-state index in [9.17, 15) is 9.59 Å². The molecule has 0 N–H and O–H groups in total. The molecule has 0 aromatic heterocycles. The molecule has 0 radical (unpaired) electrons. The summed E-state index contributed by atoms with van der Waals surface area (Å²) in [7, 11) is 0. The van der Waals surface area contributed by atoms with Crippen LogP contribution in [-0.4, -0.2) is 40.9 Å².